The van der Waals surface area contributed by atoms with Crippen molar-refractivity contribution in [3.8, 4) is 0 Å². The average molecular weight is 242 g/mol. The third-order valence-corrected chi connectivity index (χ3v) is 3.14. The number of nitrogens with one attached hydrogen (secondary N) is 1. The van der Waals surface area contributed by atoms with E-state index < -0.39 is 5.97 Å². The maximum atomic E-state index is 11.6. The van der Waals surface area contributed by atoms with Gasteiger partial charge in [-0.3, -0.25) is 9.59 Å². The van der Waals surface area contributed by atoms with Crippen molar-refractivity contribution in [2.75, 3.05) is 0 Å². The van der Waals surface area contributed by atoms with E-state index in [1.165, 1.54) is 0 Å². The van der Waals surface area contributed by atoms with Crippen LogP contribution in [-0.2, 0) is 9.59 Å². The van der Waals surface area contributed by atoms with Crippen molar-refractivity contribution in [1.82, 2.24) is 5.32 Å². The molecular weight excluding hydrogens is 220 g/mol. The van der Waals surface area contributed by atoms with E-state index in [-0.39, 0.29) is 23.4 Å². The summed E-state index contributed by atoms with van der Waals surface area (Å²) in [5.74, 6) is -1.09. The smallest absolute Gasteiger partial charge is 0.306 e. The second kappa shape index (κ2) is 5.49. The van der Waals surface area contributed by atoms with Crippen LogP contribution in [-0.4, -0.2) is 28.6 Å². The predicted octanol–water partition coefficient (Wildman–Crippen LogP) is 0.873. The second-order valence-electron chi connectivity index (χ2n) is 5.60. The summed E-state index contributed by atoms with van der Waals surface area (Å²) >= 11 is 0. The number of carboxylic acid groups (broad SMARTS) is 1. The molecule has 2 unspecified atom stereocenters. The number of hydrogen-bond acceptors (Lipinski definition) is 3. The Hall–Kier alpha value is -1.10. The lowest BCUT2D eigenvalue weighted by molar-refractivity contribution is -0.141. The van der Waals surface area contributed by atoms with Gasteiger partial charge in [-0.05, 0) is 39.5 Å². The van der Waals surface area contributed by atoms with Crippen LogP contribution in [0.1, 0.15) is 46.0 Å². The fourth-order valence-electron chi connectivity index (χ4n) is 2.07. The summed E-state index contributed by atoms with van der Waals surface area (Å²) < 4.78 is 0. The van der Waals surface area contributed by atoms with Crippen LogP contribution in [0.2, 0.25) is 0 Å². The molecule has 1 fully saturated rings. The van der Waals surface area contributed by atoms with E-state index in [1.807, 2.05) is 13.8 Å². The molecule has 1 aliphatic rings. The van der Waals surface area contributed by atoms with Crippen molar-refractivity contribution in [2.24, 2.45) is 11.7 Å². The molecule has 1 rings (SSSR count). The van der Waals surface area contributed by atoms with Gasteiger partial charge in [-0.1, -0.05) is 0 Å². The molecule has 2 atom stereocenters. The van der Waals surface area contributed by atoms with Crippen LogP contribution in [0, 0.1) is 5.92 Å². The fourth-order valence-corrected chi connectivity index (χ4v) is 2.07. The van der Waals surface area contributed by atoms with E-state index in [9.17, 15) is 9.59 Å². The molecule has 1 aliphatic carbocycles. The first-order valence-corrected chi connectivity index (χ1v) is 6.09. The minimum absolute atomic E-state index is 0.0180. The van der Waals surface area contributed by atoms with Gasteiger partial charge in [-0.2, -0.15) is 0 Å². The molecule has 4 N–H and O–H groups in total. The van der Waals surface area contributed by atoms with E-state index >= 15 is 0 Å². The third-order valence-electron chi connectivity index (χ3n) is 3.14. The van der Waals surface area contributed by atoms with Crippen LogP contribution in [0.4, 0.5) is 0 Å². The highest BCUT2D eigenvalue weighted by Crippen LogP contribution is 2.25. The molecule has 0 heterocycles. The average Bonchev–Trinajstić information content (AvgIpc) is 2.62. The van der Waals surface area contributed by atoms with Crippen molar-refractivity contribution >= 4 is 11.9 Å². The van der Waals surface area contributed by atoms with Gasteiger partial charge >= 0.3 is 5.97 Å². The standard InChI is InChI=1S/C12H22N2O3/c1-12(2,13)6-5-10(15)14-9-4-3-8(7-9)11(16)17/h8-9H,3-7,13H2,1-2H3,(H,14,15)(H,16,17). The van der Waals surface area contributed by atoms with Crippen LogP contribution in [0.15, 0.2) is 0 Å². The highest BCUT2D eigenvalue weighted by atomic mass is 16.4. The van der Waals surface area contributed by atoms with Gasteiger partial charge in [0, 0.05) is 18.0 Å². The maximum absolute atomic E-state index is 11.6. The SMILES string of the molecule is CC(C)(N)CCC(=O)NC1CCC(C(=O)O)C1. The Morgan fingerprint density at radius 2 is 2.06 bits per heavy atom. The Bertz CT molecular complexity index is 297. The van der Waals surface area contributed by atoms with Crippen LogP contribution in [0.3, 0.4) is 0 Å². The number of rotatable bonds is 5. The largest absolute Gasteiger partial charge is 0.481 e. The number of nitrogens with two attached hydrogens (primary N) is 1. The number of hydrogen-bond donors (Lipinski definition) is 3. The van der Waals surface area contributed by atoms with E-state index in [1.54, 1.807) is 0 Å². The molecular formula is C12H22N2O3. The molecule has 5 nitrogen and oxygen atoms in total. The van der Waals surface area contributed by atoms with Gasteiger partial charge in [0.05, 0.1) is 5.92 Å². The Labute approximate surface area is 102 Å². The van der Waals surface area contributed by atoms with Crippen molar-refractivity contribution in [3.63, 3.8) is 0 Å². The van der Waals surface area contributed by atoms with Gasteiger partial charge in [0.25, 0.3) is 0 Å². The third kappa shape index (κ3) is 5.17. The van der Waals surface area contributed by atoms with Crippen molar-refractivity contribution in [2.45, 2.75) is 57.5 Å². The van der Waals surface area contributed by atoms with E-state index in [0.29, 0.717) is 25.7 Å². The number of aliphatic carboxylic acids is 1. The summed E-state index contributed by atoms with van der Waals surface area (Å²) in [6.45, 7) is 3.77. The van der Waals surface area contributed by atoms with Crippen LogP contribution in [0.5, 0.6) is 0 Å². The highest BCUT2D eigenvalue weighted by molar-refractivity contribution is 5.76. The molecule has 1 saturated carbocycles. The Kier molecular flexibility index (Phi) is 4.51. The minimum atomic E-state index is -0.759. The minimum Gasteiger partial charge on any atom is -0.481 e. The number of amides is 1. The molecule has 0 aromatic heterocycles. The van der Waals surface area contributed by atoms with Crippen LogP contribution < -0.4 is 11.1 Å². The second-order valence-corrected chi connectivity index (χ2v) is 5.60. The molecule has 0 bridgehead atoms. The van der Waals surface area contributed by atoms with Crippen molar-refractivity contribution in [3.05, 3.63) is 0 Å². The maximum Gasteiger partial charge on any atom is 0.306 e. The number of carboxylic acids is 1. The zero-order chi connectivity index (χ0) is 13.1. The summed E-state index contributed by atoms with van der Waals surface area (Å²) in [4.78, 5) is 22.4. The number of carbonyl (C=O) groups excluding carboxylic acids is 1. The molecule has 5 heteroatoms. The molecule has 17 heavy (non-hydrogen) atoms. The topological polar surface area (TPSA) is 92.4 Å². The lowest BCUT2D eigenvalue weighted by Crippen LogP contribution is -2.37. The Balaban J connectivity index is 2.26. The Morgan fingerprint density at radius 1 is 1.41 bits per heavy atom. The quantitative estimate of drug-likeness (QED) is 0.667. The van der Waals surface area contributed by atoms with Gasteiger partial charge in [-0.15, -0.1) is 0 Å². The summed E-state index contributed by atoms with van der Waals surface area (Å²) in [6, 6.07) is 0.0180. The first-order chi connectivity index (χ1) is 7.78. The predicted molar refractivity (Wildman–Crippen MR) is 64.4 cm³/mol. The summed E-state index contributed by atoms with van der Waals surface area (Å²) in [5, 5.41) is 11.7. The van der Waals surface area contributed by atoms with Gasteiger partial charge in [-0.25, -0.2) is 0 Å². The van der Waals surface area contributed by atoms with Crippen molar-refractivity contribution in [1.29, 1.82) is 0 Å². The lowest BCUT2D eigenvalue weighted by atomic mass is 10.00. The highest BCUT2D eigenvalue weighted by Gasteiger charge is 2.30. The van der Waals surface area contributed by atoms with Gasteiger partial charge in [0.1, 0.15) is 0 Å². The normalized spacial score (nSPS) is 24.6. The first kappa shape index (κ1) is 14.0. The summed E-state index contributed by atoms with van der Waals surface area (Å²) in [7, 11) is 0. The molecule has 0 aliphatic heterocycles. The molecule has 0 aromatic rings. The molecule has 0 spiro atoms. The van der Waals surface area contributed by atoms with E-state index in [2.05, 4.69) is 5.32 Å². The summed E-state index contributed by atoms with van der Waals surface area (Å²) in [5.41, 5.74) is 5.46. The number of carbonyl (C=O) groups is 2. The van der Waals surface area contributed by atoms with Crippen LogP contribution >= 0.6 is 0 Å². The van der Waals surface area contributed by atoms with Crippen LogP contribution in [0.25, 0.3) is 0 Å². The Morgan fingerprint density at radius 3 is 2.53 bits per heavy atom. The lowest BCUT2D eigenvalue weighted by Gasteiger charge is -2.19. The van der Waals surface area contributed by atoms with Crippen molar-refractivity contribution < 1.29 is 14.7 Å². The molecule has 98 valence electrons. The zero-order valence-corrected chi connectivity index (χ0v) is 10.5. The first-order valence-electron chi connectivity index (χ1n) is 6.09. The van der Waals surface area contributed by atoms with Gasteiger partial charge in [0.2, 0.25) is 5.91 Å². The van der Waals surface area contributed by atoms with Gasteiger partial charge in [0.15, 0.2) is 0 Å². The molecule has 0 saturated heterocycles. The monoisotopic (exact) mass is 242 g/mol. The zero-order valence-electron chi connectivity index (χ0n) is 10.5. The van der Waals surface area contributed by atoms with Gasteiger partial charge < -0.3 is 16.2 Å². The van der Waals surface area contributed by atoms with E-state index in [4.69, 9.17) is 10.8 Å². The van der Waals surface area contributed by atoms with E-state index in [0.717, 1.165) is 6.42 Å². The molecule has 1 amide bonds. The molecule has 0 radical (unpaired) electrons. The fraction of sp³-hybridized carbons (Fsp3) is 0.833. The molecule has 0 aromatic carbocycles. The summed E-state index contributed by atoms with van der Waals surface area (Å²) in [6.07, 6.45) is 3.00.